The molecule has 0 bridgehead atoms. The summed E-state index contributed by atoms with van der Waals surface area (Å²) < 4.78 is 46.7. The Balaban J connectivity index is 1.54. The minimum Gasteiger partial charge on any atom is -0.497 e. The number of ether oxygens (including phenoxy) is 3. The van der Waals surface area contributed by atoms with Crippen molar-refractivity contribution in [1.29, 1.82) is 0 Å². The van der Waals surface area contributed by atoms with Crippen LogP contribution in [-0.4, -0.2) is 89.7 Å². The molecule has 0 aliphatic carbocycles. The Morgan fingerprint density at radius 2 is 1.63 bits per heavy atom. The molecule has 0 radical (unpaired) electrons. The van der Waals surface area contributed by atoms with Gasteiger partial charge in [-0.3, -0.25) is 9.69 Å². The van der Waals surface area contributed by atoms with Gasteiger partial charge in [-0.15, -0.1) is 0 Å². The van der Waals surface area contributed by atoms with Crippen molar-refractivity contribution in [3.8, 4) is 22.9 Å². The number of carbonyl (C=O) groups is 3. The molecule has 2 heterocycles. The molecule has 1 aliphatic rings. The van der Waals surface area contributed by atoms with Gasteiger partial charge in [-0.25, -0.2) is 27.7 Å². The van der Waals surface area contributed by atoms with E-state index >= 15 is 0 Å². The van der Waals surface area contributed by atoms with Crippen LogP contribution in [0, 0.1) is 13.8 Å². The van der Waals surface area contributed by atoms with Crippen LogP contribution in [0.25, 0.3) is 11.3 Å². The van der Waals surface area contributed by atoms with Crippen molar-refractivity contribution >= 4 is 33.9 Å². The Morgan fingerprint density at radius 3 is 2.27 bits per heavy atom. The Labute approximate surface area is 302 Å². The topological polar surface area (TPSA) is 178 Å². The molecular formula is C37H41N5O9S. The molecule has 3 aromatic carbocycles. The molecule has 1 atom stereocenters. The number of aromatic nitrogens is 2. The number of carbonyl (C=O) groups excluding carboxylic acids is 2. The van der Waals surface area contributed by atoms with Gasteiger partial charge in [0.15, 0.2) is 0 Å². The van der Waals surface area contributed by atoms with E-state index in [4.69, 9.17) is 14.2 Å². The third-order valence-electron chi connectivity index (χ3n) is 8.06. The van der Waals surface area contributed by atoms with Gasteiger partial charge in [-0.1, -0.05) is 36.4 Å². The number of aryl methyl sites for hydroxylation is 2. The van der Waals surface area contributed by atoms with Crippen LogP contribution >= 0.6 is 0 Å². The first kappa shape index (κ1) is 37.6. The molecule has 1 saturated heterocycles. The molecule has 1 fully saturated rings. The van der Waals surface area contributed by atoms with E-state index in [0.29, 0.717) is 11.4 Å². The van der Waals surface area contributed by atoms with Gasteiger partial charge in [0.1, 0.15) is 24.0 Å². The SMILES string of the molecule is COc1ccc(CN2CC(Oc3cc(-c4c(C)cccc4C)nc(NS(=O)(=O)c4cccc(C(=O)O)c4)n3)CN(C(=O)OC(C)(C)C)CC2=O)cc1. The molecule has 0 saturated carbocycles. The number of benzene rings is 3. The first-order valence-corrected chi connectivity index (χ1v) is 17.9. The first-order chi connectivity index (χ1) is 24.5. The molecule has 1 unspecified atom stereocenters. The van der Waals surface area contributed by atoms with Gasteiger partial charge in [-0.2, -0.15) is 4.98 Å². The minimum atomic E-state index is -4.36. The summed E-state index contributed by atoms with van der Waals surface area (Å²) in [7, 11) is -2.80. The zero-order valence-electron chi connectivity index (χ0n) is 29.7. The van der Waals surface area contributed by atoms with Gasteiger partial charge in [-0.05, 0) is 81.6 Å². The number of sulfonamides is 1. The number of anilines is 1. The molecule has 0 spiro atoms. The van der Waals surface area contributed by atoms with Crippen molar-refractivity contribution in [2.75, 3.05) is 31.5 Å². The highest BCUT2D eigenvalue weighted by molar-refractivity contribution is 7.92. The quantitative estimate of drug-likeness (QED) is 0.217. The Bertz CT molecular complexity index is 2060. The molecule has 2 N–H and O–H groups in total. The van der Waals surface area contributed by atoms with E-state index in [9.17, 15) is 27.9 Å². The standard InChI is InChI=1S/C37H41N5O9S/c1-23-9-7-10-24(2)33(23)30-18-31(39-35(38-30)40-52(47,48)29-12-8-11-26(17-29)34(44)45)50-28-20-41(19-25-13-15-27(49-6)16-14-25)32(43)22-42(21-28)36(46)51-37(3,4)5/h7-18,28H,19-22H2,1-6H3,(H,44,45)(H,38,39,40). The number of carboxylic acid groups (broad SMARTS) is 1. The minimum absolute atomic E-state index is 0.0301. The third-order valence-corrected chi connectivity index (χ3v) is 9.38. The van der Waals surface area contributed by atoms with Gasteiger partial charge in [0, 0.05) is 18.2 Å². The summed E-state index contributed by atoms with van der Waals surface area (Å²) in [5.41, 5.74) is 2.56. The van der Waals surface area contributed by atoms with Crippen LogP contribution in [0.1, 0.15) is 47.8 Å². The fourth-order valence-corrected chi connectivity index (χ4v) is 6.64. The summed E-state index contributed by atoms with van der Waals surface area (Å²) in [6.07, 6.45) is -1.54. The van der Waals surface area contributed by atoms with Crippen LogP contribution in [0.2, 0.25) is 0 Å². The predicted octanol–water partition coefficient (Wildman–Crippen LogP) is 5.29. The molecular weight excluding hydrogens is 690 g/mol. The van der Waals surface area contributed by atoms with E-state index in [0.717, 1.165) is 28.3 Å². The number of hydrogen-bond donors (Lipinski definition) is 2. The maximum absolute atomic E-state index is 13.6. The molecule has 1 aromatic heterocycles. The maximum Gasteiger partial charge on any atom is 0.410 e. The van der Waals surface area contributed by atoms with Gasteiger partial charge in [0.25, 0.3) is 10.0 Å². The van der Waals surface area contributed by atoms with E-state index in [1.807, 2.05) is 44.2 Å². The number of aromatic carboxylic acids is 1. The number of rotatable bonds is 10. The molecule has 274 valence electrons. The molecule has 14 nitrogen and oxygen atoms in total. The normalized spacial score (nSPS) is 15.1. The molecule has 4 aromatic rings. The number of nitrogens with one attached hydrogen (secondary N) is 1. The van der Waals surface area contributed by atoms with Gasteiger partial charge < -0.3 is 24.2 Å². The van der Waals surface area contributed by atoms with Gasteiger partial charge in [0.2, 0.25) is 17.7 Å². The van der Waals surface area contributed by atoms with E-state index in [-0.39, 0.29) is 54.4 Å². The summed E-state index contributed by atoms with van der Waals surface area (Å²) in [5, 5.41) is 9.42. The van der Waals surface area contributed by atoms with Crippen LogP contribution in [0.5, 0.6) is 11.6 Å². The van der Waals surface area contributed by atoms with Crippen molar-refractivity contribution in [2.24, 2.45) is 0 Å². The lowest BCUT2D eigenvalue weighted by molar-refractivity contribution is -0.132. The average Bonchev–Trinajstić information content (AvgIpc) is 3.22. The van der Waals surface area contributed by atoms with Gasteiger partial charge >= 0.3 is 12.1 Å². The molecule has 2 amide bonds. The van der Waals surface area contributed by atoms with Crippen LogP contribution < -0.4 is 14.2 Å². The molecule has 52 heavy (non-hydrogen) atoms. The molecule has 15 heteroatoms. The number of carboxylic acids is 1. The fraction of sp³-hybridized carbons (Fsp3) is 0.324. The summed E-state index contributed by atoms with van der Waals surface area (Å²) in [6, 6.07) is 19.4. The largest absolute Gasteiger partial charge is 0.497 e. The summed E-state index contributed by atoms with van der Waals surface area (Å²) >= 11 is 0. The van der Waals surface area contributed by atoms with Crippen molar-refractivity contribution in [1.82, 2.24) is 19.8 Å². The fourth-order valence-electron chi connectivity index (χ4n) is 5.65. The number of amides is 2. The van der Waals surface area contributed by atoms with Crippen LogP contribution in [0.3, 0.4) is 0 Å². The summed E-state index contributed by atoms with van der Waals surface area (Å²) in [4.78, 5) is 49.9. The second-order valence-corrected chi connectivity index (χ2v) is 15.0. The number of nitrogens with zero attached hydrogens (tertiary/aromatic N) is 4. The van der Waals surface area contributed by atoms with Crippen molar-refractivity contribution in [3.63, 3.8) is 0 Å². The highest BCUT2D eigenvalue weighted by Crippen LogP contribution is 2.30. The highest BCUT2D eigenvalue weighted by atomic mass is 32.2. The number of methoxy groups -OCH3 is 1. The summed E-state index contributed by atoms with van der Waals surface area (Å²) in [5.74, 6) is -1.32. The smallest absolute Gasteiger partial charge is 0.410 e. The van der Waals surface area contributed by atoms with Crippen molar-refractivity contribution in [3.05, 3.63) is 95.1 Å². The van der Waals surface area contributed by atoms with E-state index in [2.05, 4.69) is 14.7 Å². The van der Waals surface area contributed by atoms with E-state index in [1.54, 1.807) is 51.0 Å². The second kappa shape index (κ2) is 15.3. The van der Waals surface area contributed by atoms with Crippen molar-refractivity contribution < 1.29 is 42.1 Å². The lowest BCUT2D eigenvalue weighted by Crippen LogP contribution is -2.43. The number of hydrogen-bond acceptors (Lipinski definition) is 10. The van der Waals surface area contributed by atoms with Crippen LogP contribution in [0.4, 0.5) is 10.7 Å². The Hall–Kier alpha value is -5.70. The zero-order chi connectivity index (χ0) is 37.8. The van der Waals surface area contributed by atoms with E-state index < -0.39 is 33.8 Å². The second-order valence-electron chi connectivity index (χ2n) is 13.3. The highest BCUT2D eigenvalue weighted by Gasteiger charge is 2.34. The summed E-state index contributed by atoms with van der Waals surface area (Å²) in [6.45, 7) is 8.91. The lowest BCUT2D eigenvalue weighted by atomic mass is 10.00. The molecule has 1 aliphatic heterocycles. The Kier molecular flexibility index (Phi) is 11.0. The lowest BCUT2D eigenvalue weighted by Gasteiger charge is -2.27. The first-order valence-electron chi connectivity index (χ1n) is 16.4. The van der Waals surface area contributed by atoms with E-state index in [1.165, 1.54) is 23.1 Å². The maximum atomic E-state index is 13.6. The monoisotopic (exact) mass is 731 g/mol. The Morgan fingerprint density at radius 1 is 0.962 bits per heavy atom. The van der Waals surface area contributed by atoms with Crippen LogP contribution in [-0.2, 0) is 26.1 Å². The van der Waals surface area contributed by atoms with Crippen LogP contribution in [0.15, 0.2) is 77.7 Å². The molecule has 5 rings (SSSR count). The average molecular weight is 732 g/mol. The predicted molar refractivity (Wildman–Crippen MR) is 192 cm³/mol. The zero-order valence-corrected chi connectivity index (χ0v) is 30.6. The van der Waals surface area contributed by atoms with Gasteiger partial charge in [0.05, 0.1) is 36.4 Å². The van der Waals surface area contributed by atoms with Crippen molar-refractivity contribution in [2.45, 2.75) is 57.8 Å². The third kappa shape index (κ3) is 9.34.